The fourth-order valence-electron chi connectivity index (χ4n) is 1.48. The summed E-state index contributed by atoms with van der Waals surface area (Å²) in [7, 11) is 0. The van der Waals surface area contributed by atoms with Gasteiger partial charge in [0.1, 0.15) is 6.29 Å². The predicted octanol–water partition coefficient (Wildman–Crippen LogP) is 3.16. The number of unbranched alkanes of at least 4 members (excludes halogenated alkanes) is 1. The summed E-state index contributed by atoms with van der Waals surface area (Å²) in [5, 5.41) is 0. The normalized spacial score (nSPS) is 10.1. The van der Waals surface area contributed by atoms with Gasteiger partial charge >= 0.3 is 0 Å². The molecule has 1 aromatic rings. The third-order valence-electron chi connectivity index (χ3n) is 2.39. The van der Waals surface area contributed by atoms with Crippen molar-refractivity contribution in [2.45, 2.75) is 39.0 Å². The molecular formula is C13H18O. The summed E-state index contributed by atoms with van der Waals surface area (Å²) in [5.74, 6) is 0. The molecule has 76 valence electrons. The molecule has 0 aromatic heterocycles. The highest BCUT2D eigenvalue weighted by molar-refractivity contribution is 5.50. The second kappa shape index (κ2) is 6.36. The lowest BCUT2D eigenvalue weighted by atomic mass is 10.0. The summed E-state index contributed by atoms with van der Waals surface area (Å²) in [4.78, 5) is 10.2. The van der Waals surface area contributed by atoms with Crippen LogP contribution in [-0.2, 0) is 17.6 Å². The average Bonchev–Trinajstić information content (AvgIpc) is 2.25. The van der Waals surface area contributed by atoms with Crippen LogP contribution in [0.1, 0.15) is 37.3 Å². The Morgan fingerprint density at radius 3 is 2.14 bits per heavy atom. The zero-order valence-electron chi connectivity index (χ0n) is 8.83. The number of carbonyl (C=O) groups is 1. The smallest absolute Gasteiger partial charge is 0.120 e. The maximum absolute atomic E-state index is 10.2. The van der Waals surface area contributed by atoms with E-state index in [1.54, 1.807) is 0 Å². The van der Waals surface area contributed by atoms with Crippen molar-refractivity contribution in [1.29, 1.82) is 0 Å². The molecule has 0 spiro atoms. The van der Waals surface area contributed by atoms with E-state index in [1.807, 2.05) is 0 Å². The van der Waals surface area contributed by atoms with Crippen LogP contribution < -0.4 is 0 Å². The Labute approximate surface area is 86.1 Å². The fraction of sp³-hybridized carbons (Fsp3) is 0.462. The van der Waals surface area contributed by atoms with Gasteiger partial charge in [-0.1, -0.05) is 37.6 Å². The van der Waals surface area contributed by atoms with Crippen LogP contribution in [0.15, 0.2) is 24.3 Å². The van der Waals surface area contributed by atoms with Crippen LogP contribution >= 0.6 is 0 Å². The Morgan fingerprint density at radius 1 is 1.07 bits per heavy atom. The quantitative estimate of drug-likeness (QED) is 0.630. The van der Waals surface area contributed by atoms with Gasteiger partial charge < -0.3 is 4.79 Å². The molecule has 14 heavy (non-hydrogen) atoms. The molecule has 0 aliphatic rings. The van der Waals surface area contributed by atoms with E-state index in [9.17, 15) is 4.79 Å². The Kier molecular flexibility index (Phi) is 4.98. The van der Waals surface area contributed by atoms with E-state index in [0.717, 1.165) is 12.7 Å². The molecule has 0 aliphatic heterocycles. The van der Waals surface area contributed by atoms with Crippen LogP contribution in [0.3, 0.4) is 0 Å². The Bertz CT molecular complexity index is 261. The van der Waals surface area contributed by atoms with Crippen LogP contribution in [0.4, 0.5) is 0 Å². The number of rotatable bonds is 6. The van der Waals surface area contributed by atoms with Gasteiger partial charge in [0.15, 0.2) is 0 Å². The highest BCUT2D eigenvalue weighted by Crippen LogP contribution is 2.08. The van der Waals surface area contributed by atoms with E-state index < -0.39 is 0 Å². The van der Waals surface area contributed by atoms with Crippen molar-refractivity contribution in [2.75, 3.05) is 0 Å². The molecule has 1 aromatic carbocycles. The van der Waals surface area contributed by atoms with Gasteiger partial charge in [-0.25, -0.2) is 0 Å². The van der Waals surface area contributed by atoms with E-state index >= 15 is 0 Å². The van der Waals surface area contributed by atoms with Crippen LogP contribution in [0, 0.1) is 0 Å². The number of aryl methyl sites for hydroxylation is 2. The molecule has 0 bridgehead atoms. The summed E-state index contributed by atoms with van der Waals surface area (Å²) in [6.45, 7) is 2.21. The van der Waals surface area contributed by atoms with Gasteiger partial charge in [0.05, 0.1) is 0 Å². The molecule has 1 nitrogen and oxygen atoms in total. The van der Waals surface area contributed by atoms with E-state index in [4.69, 9.17) is 0 Å². The maximum Gasteiger partial charge on any atom is 0.120 e. The second-order valence-electron chi connectivity index (χ2n) is 3.63. The molecule has 1 heteroatoms. The molecule has 0 fully saturated rings. The summed E-state index contributed by atoms with van der Waals surface area (Å²) in [6.07, 6.45) is 6.15. The molecule has 0 N–H and O–H groups in total. The summed E-state index contributed by atoms with van der Waals surface area (Å²) < 4.78 is 0. The predicted molar refractivity (Wildman–Crippen MR) is 59.4 cm³/mol. The molecule has 1 rings (SSSR count). The van der Waals surface area contributed by atoms with Crippen molar-refractivity contribution in [3.05, 3.63) is 35.4 Å². The Hall–Kier alpha value is -1.11. The lowest BCUT2D eigenvalue weighted by Gasteiger charge is -2.01. The van der Waals surface area contributed by atoms with Gasteiger partial charge in [-0.3, -0.25) is 0 Å². The van der Waals surface area contributed by atoms with Crippen molar-refractivity contribution >= 4 is 6.29 Å². The zero-order valence-corrected chi connectivity index (χ0v) is 8.83. The molecule has 0 heterocycles. The summed E-state index contributed by atoms with van der Waals surface area (Å²) in [5.41, 5.74) is 2.67. The highest BCUT2D eigenvalue weighted by atomic mass is 16.1. The van der Waals surface area contributed by atoms with E-state index in [0.29, 0.717) is 6.42 Å². The van der Waals surface area contributed by atoms with Gasteiger partial charge in [-0.05, 0) is 30.4 Å². The Morgan fingerprint density at radius 2 is 1.64 bits per heavy atom. The number of aldehydes is 1. The molecule has 0 saturated carbocycles. The number of hydrogen-bond donors (Lipinski definition) is 0. The minimum Gasteiger partial charge on any atom is -0.303 e. The monoisotopic (exact) mass is 190 g/mol. The standard InChI is InChI=1S/C13H18O/c1-2-3-5-12-7-9-13(10-8-12)6-4-11-14/h7-11H,2-6H2,1H3. The molecule has 0 amide bonds. The SMILES string of the molecule is CCCCc1ccc(CCC=O)cc1. The minimum absolute atomic E-state index is 0.633. The fourth-order valence-corrected chi connectivity index (χ4v) is 1.48. The highest BCUT2D eigenvalue weighted by Gasteiger charge is 1.94. The van der Waals surface area contributed by atoms with Crippen molar-refractivity contribution in [1.82, 2.24) is 0 Å². The molecular weight excluding hydrogens is 172 g/mol. The largest absolute Gasteiger partial charge is 0.303 e. The summed E-state index contributed by atoms with van der Waals surface area (Å²) in [6, 6.07) is 8.62. The van der Waals surface area contributed by atoms with E-state index in [2.05, 4.69) is 31.2 Å². The Balaban J connectivity index is 2.46. The second-order valence-corrected chi connectivity index (χ2v) is 3.63. The van der Waals surface area contributed by atoms with Crippen molar-refractivity contribution in [2.24, 2.45) is 0 Å². The van der Waals surface area contributed by atoms with Gasteiger partial charge in [0, 0.05) is 6.42 Å². The van der Waals surface area contributed by atoms with Crippen LogP contribution in [-0.4, -0.2) is 6.29 Å². The average molecular weight is 190 g/mol. The van der Waals surface area contributed by atoms with E-state index in [1.165, 1.54) is 30.4 Å². The lowest BCUT2D eigenvalue weighted by molar-refractivity contribution is -0.107. The molecule has 0 unspecified atom stereocenters. The molecule has 0 radical (unpaired) electrons. The topological polar surface area (TPSA) is 17.1 Å². The van der Waals surface area contributed by atoms with Crippen LogP contribution in [0.2, 0.25) is 0 Å². The first-order valence-electron chi connectivity index (χ1n) is 5.38. The third kappa shape index (κ3) is 3.73. The lowest BCUT2D eigenvalue weighted by Crippen LogP contribution is -1.88. The zero-order chi connectivity index (χ0) is 10.2. The van der Waals surface area contributed by atoms with Gasteiger partial charge in [-0.2, -0.15) is 0 Å². The minimum atomic E-state index is 0.633. The van der Waals surface area contributed by atoms with Gasteiger partial charge in [0.25, 0.3) is 0 Å². The first kappa shape index (κ1) is 11.0. The van der Waals surface area contributed by atoms with Crippen LogP contribution in [0.25, 0.3) is 0 Å². The summed E-state index contributed by atoms with van der Waals surface area (Å²) >= 11 is 0. The first-order valence-corrected chi connectivity index (χ1v) is 5.38. The first-order chi connectivity index (χ1) is 6.86. The molecule has 0 atom stereocenters. The van der Waals surface area contributed by atoms with Gasteiger partial charge in [0.2, 0.25) is 0 Å². The number of carbonyl (C=O) groups excluding carboxylic acids is 1. The van der Waals surface area contributed by atoms with Crippen molar-refractivity contribution < 1.29 is 4.79 Å². The van der Waals surface area contributed by atoms with Crippen molar-refractivity contribution in [3.8, 4) is 0 Å². The third-order valence-corrected chi connectivity index (χ3v) is 2.39. The van der Waals surface area contributed by atoms with Crippen LogP contribution in [0.5, 0.6) is 0 Å². The molecule has 0 aliphatic carbocycles. The van der Waals surface area contributed by atoms with Gasteiger partial charge in [-0.15, -0.1) is 0 Å². The van der Waals surface area contributed by atoms with E-state index in [-0.39, 0.29) is 0 Å². The number of benzene rings is 1. The number of hydrogen-bond acceptors (Lipinski definition) is 1. The molecule has 0 saturated heterocycles. The van der Waals surface area contributed by atoms with Crippen molar-refractivity contribution in [3.63, 3.8) is 0 Å². The maximum atomic E-state index is 10.2.